The molecule has 1 aromatic carbocycles. The molecule has 1 fully saturated rings. The van der Waals surface area contributed by atoms with Gasteiger partial charge >= 0.3 is 0 Å². The van der Waals surface area contributed by atoms with Gasteiger partial charge in [-0.15, -0.1) is 0 Å². The third-order valence-corrected chi connectivity index (χ3v) is 6.90. The summed E-state index contributed by atoms with van der Waals surface area (Å²) in [7, 11) is 0. The molecule has 3 aliphatic rings. The van der Waals surface area contributed by atoms with Crippen molar-refractivity contribution in [1.29, 1.82) is 0 Å². The van der Waals surface area contributed by atoms with E-state index in [0.717, 1.165) is 3.57 Å². The molecule has 3 aliphatic carbocycles. The first-order valence-electron chi connectivity index (χ1n) is 8.56. The molecule has 0 heterocycles. The molecule has 0 spiro atoms. The summed E-state index contributed by atoms with van der Waals surface area (Å²) < 4.78 is 0.794. The highest BCUT2D eigenvalue weighted by Gasteiger charge is 2.60. The lowest BCUT2D eigenvalue weighted by molar-refractivity contribution is -0.147. The van der Waals surface area contributed by atoms with Gasteiger partial charge in [0.2, 0.25) is 5.78 Å². The van der Waals surface area contributed by atoms with Crippen LogP contribution < -0.4 is 5.73 Å². The highest BCUT2D eigenvalue weighted by Crippen LogP contribution is 2.52. The molecule has 6 N–H and O–H groups in total. The van der Waals surface area contributed by atoms with Gasteiger partial charge in [0, 0.05) is 21.5 Å². The van der Waals surface area contributed by atoms with Crippen LogP contribution in [0.1, 0.15) is 24.0 Å². The van der Waals surface area contributed by atoms with Gasteiger partial charge in [-0.25, -0.2) is 0 Å². The maximum absolute atomic E-state index is 13.2. The van der Waals surface area contributed by atoms with Crippen molar-refractivity contribution in [1.82, 2.24) is 0 Å². The number of hydrogen-bond acceptors (Lipinski definition) is 7. The van der Waals surface area contributed by atoms with Crippen molar-refractivity contribution < 1.29 is 34.8 Å². The lowest BCUT2D eigenvalue weighted by Crippen LogP contribution is -2.58. The second-order valence-corrected chi connectivity index (χ2v) is 8.49. The largest absolute Gasteiger partial charge is 0.508 e. The number of ketones is 2. The number of aliphatic hydroxyl groups is 3. The molecule has 4 rings (SSSR count). The predicted molar refractivity (Wildman–Crippen MR) is 104 cm³/mol. The highest BCUT2D eigenvalue weighted by molar-refractivity contribution is 14.1. The highest BCUT2D eigenvalue weighted by atomic mass is 127. The summed E-state index contributed by atoms with van der Waals surface area (Å²) in [5.41, 5.74) is 2.47. The molecule has 146 valence electrons. The van der Waals surface area contributed by atoms with Crippen molar-refractivity contribution in [2.45, 2.75) is 24.9 Å². The van der Waals surface area contributed by atoms with E-state index in [1.165, 1.54) is 6.07 Å². The van der Waals surface area contributed by atoms with Gasteiger partial charge in [0.05, 0.1) is 5.56 Å². The van der Waals surface area contributed by atoms with E-state index in [2.05, 4.69) is 22.6 Å². The Hall–Kier alpha value is -2.40. The minimum Gasteiger partial charge on any atom is -0.508 e. The van der Waals surface area contributed by atoms with Crippen molar-refractivity contribution in [2.24, 2.45) is 17.6 Å². The number of fused-ring (bicyclic) bond motifs is 3. The molecular formula is C19H16INO7. The third-order valence-electron chi connectivity index (χ3n) is 5.89. The van der Waals surface area contributed by atoms with Crippen molar-refractivity contribution >= 4 is 45.8 Å². The van der Waals surface area contributed by atoms with Crippen LogP contribution in [0.2, 0.25) is 0 Å². The summed E-state index contributed by atoms with van der Waals surface area (Å²) in [4.78, 5) is 37.0. The van der Waals surface area contributed by atoms with Gasteiger partial charge in [-0.05, 0) is 59.0 Å². The van der Waals surface area contributed by atoms with E-state index in [-0.39, 0.29) is 29.7 Å². The average Bonchev–Trinajstić information content (AvgIpc) is 2.61. The topological polar surface area (TPSA) is 158 Å². The first kappa shape index (κ1) is 18.9. The van der Waals surface area contributed by atoms with Gasteiger partial charge in [0.15, 0.2) is 11.4 Å². The Morgan fingerprint density at radius 3 is 2.50 bits per heavy atom. The molecule has 1 amide bonds. The number of carbonyl (C=O) groups excluding carboxylic acids is 3. The maximum atomic E-state index is 13.2. The van der Waals surface area contributed by atoms with Crippen LogP contribution >= 0.6 is 22.6 Å². The number of primary amides is 1. The van der Waals surface area contributed by atoms with E-state index in [0.29, 0.717) is 12.0 Å². The van der Waals surface area contributed by atoms with Crippen LogP contribution in [0.3, 0.4) is 0 Å². The molecule has 1 aromatic rings. The number of nitrogens with two attached hydrogens (primary N) is 1. The summed E-state index contributed by atoms with van der Waals surface area (Å²) >= 11 is 2.06. The van der Waals surface area contributed by atoms with E-state index < -0.39 is 52.0 Å². The fraction of sp³-hybridized carbons (Fsp3) is 0.316. The normalized spacial score (nSPS) is 29.4. The SMILES string of the molecule is NC(=O)C1=C(O)[C@@]2(O)C(=O)C3=C(O)c4c(O)ccc(I)c4CC3CC2CC1=O. The Balaban J connectivity index is 1.95. The van der Waals surface area contributed by atoms with Gasteiger partial charge in [-0.3, -0.25) is 14.4 Å². The zero-order valence-corrected chi connectivity index (χ0v) is 16.6. The molecule has 1 saturated carbocycles. The van der Waals surface area contributed by atoms with Gasteiger partial charge in [0.1, 0.15) is 22.8 Å². The summed E-state index contributed by atoms with van der Waals surface area (Å²) in [6.45, 7) is 0. The van der Waals surface area contributed by atoms with E-state index >= 15 is 0 Å². The average molecular weight is 497 g/mol. The van der Waals surface area contributed by atoms with E-state index in [1.807, 2.05) is 0 Å². The Labute approximate surface area is 172 Å². The zero-order valence-electron chi connectivity index (χ0n) is 14.4. The number of phenols is 1. The molecular weight excluding hydrogens is 481 g/mol. The van der Waals surface area contributed by atoms with Crippen molar-refractivity contribution in [3.63, 3.8) is 0 Å². The standard InChI is InChI=1S/C19H16INO7/c20-9-1-2-10(22)13-8(9)4-6-3-7-5-11(23)14(18(21)27)17(26)19(7,28)16(25)12(6)15(13)24/h1-2,6-7,22,24,26,28H,3-5H2,(H2,21,27)/t6?,7?,19-/m0/s1. The smallest absolute Gasteiger partial charge is 0.255 e. The second-order valence-electron chi connectivity index (χ2n) is 7.33. The summed E-state index contributed by atoms with van der Waals surface area (Å²) in [6, 6.07) is 3.08. The fourth-order valence-electron chi connectivity index (χ4n) is 4.58. The molecule has 2 unspecified atom stereocenters. The molecule has 0 aromatic heterocycles. The van der Waals surface area contributed by atoms with Crippen LogP contribution in [0, 0.1) is 15.4 Å². The van der Waals surface area contributed by atoms with Crippen LogP contribution in [0.5, 0.6) is 5.75 Å². The Bertz CT molecular complexity index is 1040. The van der Waals surface area contributed by atoms with Gasteiger partial charge < -0.3 is 26.2 Å². The fourth-order valence-corrected chi connectivity index (χ4v) is 5.25. The zero-order chi connectivity index (χ0) is 20.5. The lowest BCUT2D eigenvalue weighted by Gasteiger charge is -2.46. The molecule has 0 saturated heterocycles. The molecule has 9 heteroatoms. The number of aromatic hydroxyl groups is 1. The number of hydrogen-bond donors (Lipinski definition) is 5. The minimum atomic E-state index is -2.52. The number of carbonyl (C=O) groups is 3. The summed E-state index contributed by atoms with van der Waals surface area (Å²) in [6.07, 6.45) is 0.134. The van der Waals surface area contributed by atoms with Crippen LogP contribution in [0.15, 0.2) is 29.0 Å². The second kappa shape index (κ2) is 6.05. The molecule has 0 radical (unpaired) electrons. The van der Waals surface area contributed by atoms with Crippen LogP contribution in [-0.4, -0.2) is 43.5 Å². The third kappa shape index (κ3) is 2.29. The summed E-state index contributed by atoms with van der Waals surface area (Å²) in [5, 5.41) is 42.5. The van der Waals surface area contributed by atoms with E-state index in [9.17, 15) is 34.8 Å². The van der Waals surface area contributed by atoms with Crippen molar-refractivity contribution in [2.75, 3.05) is 0 Å². The first-order valence-corrected chi connectivity index (χ1v) is 9.64. The Kier molecular flexibility index (Phi) is 4.09. The predicted octanol–water partition coefficient (Wildman–Crippen LogP) is 1.03. The number of benzene rings is 1. The monoisotopic (exact) mass is 497 g/mol. The quantitative estimate of drug-likeness (QED) is 0.286. The number of amides is 1. The van der Waals surface area contributed by atoms with E-state index in [4.69, 9.17) is 5.73 Å². The first-order chi connectivity index (χ1) is 13.1. The number of aliphatic hydroxyl groups excluding tert-OH is 2. The van der Waals surface area contributed by atoms with Crippen molar-refractivity contribution in [3.05, 3.63) is 43.7 Å². The molecule has 8 nitrogen and oxygen atoms in total. The number of rotatable bonds is 1. The molecule has 0 aliphatic heterocycles. The number of phenolic OH excluding ortho intramolecular Hbond substituents is 1. The van der Waals surface area contributed by atoms with Gasteiger partial charge in [-0.1, -0.05) is 0 Å². The minimum absolute atomic E-state index is 0.110. The maximum Gasteiger partial charge on any atom is 0.255 e. The van der Waals surface area contributed by atoms with Gasteiger partial charge in [0.25, 0.3) is 5.91 Å². The molecule has 3 atom stereocenters. The van der Waals surface area contributed by atoms with Crippen LogP contribution in [-0.2, 0) is 20.8 Å². The van der Waals surface area contributed by atoms with Gasteiger partial charge in [-0.2, -0.15) is 0 Å². The van der Waals surface area contributed by atoms with Crippen molar-refractivity contribution in [3.8, 4) is 5.75 Å². The van der Waals surface area contributed by atoms with E-state index in [1.54, 1.807) is 6.07 Å². The van der Waals surface area contributed by atoms with Crippen LogP contribution in [0.4, 0.5) is 0 Å². The Morgan fingerprint density at radius 2 is 1.86 bits per heavy atom. The number of halogens is 1. The molecule has 0 bridgehead atoms. The number of Topliss-reactive ketones (excluding diaryl/α,β-unsaturated/α-hetero) is 2. The molecule has 28 heavy (non-hydrogen) atoms. The van der Waals surface area contributed by atoms with Crippen LogP contribution in [0.25, 0.3) is 5.76 Å². The lowest BCUT2D eigenvalue weighted by atomic mass is 9.59. The summed E-state index contributed by atoms with van der Waals surface area (Å²) in [5.74, 6) is -6.15. The Morgan fingerprint density at radius 1 is 1.18 bits per heavy atom.